The summed E-state index contributed by atoms with van der Waals surface area (Å²) in [6, 6.07) is 5.05. The molecule has 19 heavy (non-hydrogen) atoms. The van der Waals surface area contributed by atoms with Gasteiger partial charge in [0, 0.05) is 11.6 Å². The van der Waals surface area contributed by atoms with E-state index >= 15 is 0 Å². The van der Waals surface area contributed by atoms with Gasteiger partial charge >= 0.3 is 0 Å². The Labute approximate surface area is 114 Å². The van der Waals surface area contributed by atoms with Crippen molar-refractivity contribution in [3.05, 3.63) is 29.3 Å². The number of benzene rings is 1. The zero-order valence-electron chi connectivity index (χ0n) is 11.1. The molecule has 1 saturated carbocycles. The average molecular weight is 278 g/mol. The number of hydrogen-bond donors (Lipinski definition) is 2. The van der Waals surface area contributed by atoms with E-state index < -0.39 is 10.0 Å². The largest absolute Gasteiger partial charge is 0.320 e. The second-order valence-electron chi connectivity index (χ2n) is 4.92. The van der Waals surface area contributed by atoms with Gasteiger partial charge in [-0.2, -0.15) is 0 Å². The zero-order chi connectivity index (χ0) is 14.0. The fourth-order valence-electron chi connectivity index (χ4n) is 1.84. The molecule has 0 bridgehead atoms. The van der Waals surface area contributed by atoms with Crippen molar-refractivity contribution >= 4 is 10.0 Å². The number of hydrogen-bond acceptors (Lipinski definition) is 3. The third kappa shape index (κ3) is 3.35. The van der Waals surface area contributed by atoms with Crippen molar-refractivity contribution in [2.24, 2.45) is 11.7 Å². The molecule has 1 aromatic rings. The highest BCUT2D eigenvalue weighted by molar-refractivity contribution is 7.89. The monoisotopic (exact) mass is 278 g/mol. The van der Waals surface area contributed by atoms with Crippen LogP contribution >= 0.6 is 0 Å². The zero-order valence-corrected chi connectivity index (χ0v) is 11.9. The fourth-order valence-corrected chi connectivity index (χ4v) is 3.29. The lowest BCUT2D eigenvalue weighted by molar-refractivity contribution is 0.578. The van der Waals surface area contributed by atoms with Crippen molar-refractivity contribution in [1.82, 2.24) is 4.72 Å². The Morgan fingerprint density at radius 2 is 2.16 bits per heavy atom. The van der Waals surface area contributed by atoms with E-state index in [1.807, 2.05) is 13.8 Å². The first kappa shape index (κ1) is 14.1. The Kier molecular flexibility index (Phi) is 3.95. The molecule has 2 atom stereocenters. The molecule has 1 fully saturated rings. The van der Waals surface area contributed by atoms with Crippen LogP contribution in [0.4, 0.5) is 0 Å². The highest BCUT2D eigenvalue weighted by atomic mass is 32.2. The fraction of sp³-hybridized carbons (Fsp3) is 0.429. The van der Waals surface area contributed by atoms with Crippen LogP contribution in [0, 0.1) is 24.7 Å². The van der Waals surface area contributed by atoms with E-state index in [1.54, 1.807) is 18.2 Å². The first-order valence-corrected chi connectivity index (χ1v) is 7.74. The van der Waals surface area contributed by atoms with Crippen LogP contribution < -0.4 is 10.5 Å². The maximum atomic E-state index is 12.1. The molecule has 0 spiro atoms. The van der Waals surface area contributed by atoms with Gasteiger partial charge in [-0.1, -0.05) is 18.8 Å². The molecule has 0 radical (unpaired) electrons. The normalized spacial score (nSPS) is 21.6. The van der Waals surface area contributed by atoms with Crippen LogP contribution in [0.2, 0.25) is 0 Å². The second-order valence-corrected chi connectivity index (χ2v) is 6.64. The summed E-state index contributed by atoms with van der Waals surface area (Å²) in [5, 5.41) is 0. The lowest BCUT2D eigenvalue weighted by Crippen LogP contribution is -2.26. The Morgan fingerprint density at radius 1 is 1.47 bits per heavy atom. The van der Waals surface area contributed by atoms with Crippen molar-refractivity contribution in [1.29, 1.82) is 0 Å². The van der Waals surface area contributed by atoms with Crippen LogP contribution in [0.15, 0.2) is 23.1 Å². The summed E-state index contributed by atoms with van der Waals surface area (Å²) in [6.45, 7) is 4.17. The number of sulfonamides is 1. The second kappa shape index (κ2) is 5.33. The molecular weight excluding hydrogens is 260 g/mol. The van der Waals surface area contributed by atoms with Crippen LogP contribution in [-0.2, 0) is 10.0 Å². The molecule has 0 aliphatic heterocycles. The number of aryl methyl sites for hydroxylation is 1. The topological polar surface area (TPSA) is 72.2 Å². The summed E-state index contributed by atoms with van der Waals surface area (Å²) in [4.78, 5) is 0.294. The third-order valence-electron chi connectivity index (χ3n) is 3.25. The Morgan fingerprint density at radius 3 is 2.68 bits per heavy atom. The van der Waals surface area contributed by atoms with Gasteiger partial charge in [0.05, 0.1) is 11.4 Å². The van der Waals surface area contributed by atoms with Crippen LogP contribution in [0.3, 0.4) is 0 Å². The van der Waals surface area contributed by atoms with E-state index in [4.69, 9.17) is 5.73 Å². The molecule has 0 amide bonds. The van der Waals surface area contributed by atoms with Crippen molar-refractivity contribution in [3.8, 4) is 11.8 Å². The minimum absolute atomic E-state index is 0.0852. The van der Waals surface area contributed by atoms with Crippen LogP contribution in [0.25, 0.3) is 0 Å². The van der Waals surface area contributed by atoms with Crippen molar-refractivity contribution in [3.63, 3.8) is 0 Å². The lowest BCUT2D eigenvalue weighted by atomic mass is 10.1. The molecule has 1 aromatic carbocycles. The highest BCUT2D eigenvalue weighted by Crippen LogP contribution is 2.30. The maximum absolute atomic E-state index is 12.1. The third-order valence-corrected chi connectivity index (χ3v) is 4.74. The van der Waals surface area contributed by atoms with Gasteiger partial charge in [0.1, 0.15) is 0 Å². The van der Waals surface area contributed by atoms with Crippen molar-refractivity contribution in [2.75, 3.05) is 6.54 Å². The molecule has 1 aliphatic rings. The van der Waals surface area contributed by atoms with Gasteiger partial charge in [0.2, 0.25) is 10.0 Å². The van der Waals surface area contributed by atoms with Gasteiger partial charge in [-0.05, 0) is 43.0 Å². The summed E-state index contributed by atoms with van der Waals surface area (Å²) >= 11 is 0. The summed E-state index contributed by atoms with van der Waals surface area (Å²) in [7, 11) is -3.41. The SMILES string of the molecule is Cc1cc(S(=O)(=O)NC2CC2C)ccc1C#CCN. The van der Waals surface area contributed by atoms with Gasteiger partial charge in [-0.3, -0.25) is 0 Å². The summed E-state index contributed by atoms with van der Waals surface area (Å²) in [5.74, 6) is 6.12. The lowest BCUT2D eigenvalue weighted by Gasteiger charge is -2.07. The van der Waals surface area contributed by atoms with Gasteiger partial charge in [0.25, 0.3) is 0 Å². The summed E-state index contributed by atoms with van der Waals surface area (Å²) in [5.41, 5.74) is 6.97. The predicted molar refractivity (Wildman–Crippen MR) is 75.0 cm³/mol. The van der Waals surface area contributed by atoms with Gasteiger partial charge in [-0.25, -0.2) is 13.1 Å². The van der Waals surface area contributed by atoms with Gasteiger partial charge in [-0.15, -0.1) is 0 Å². The van der Waals surface area contributed by atoms with E-state index in [0.717, 1.165) is 17.5 Å². The molecule has 3 N–H and O–H groups in total. The minimum atomic E-state index is -3.41. The van der Waals surface area contributed by atoms with E-state index in [1.165, 1.54) is 0 Å². The number of nitrogens with two attached hydrogens (primary N) is 1. The molecule has 0 saturated heterocycles. The van der Waals surface area contributed by atoms with Gasteiger partial charge < -0.3 is 5.73 Å². The molecule has 102 valence electrons. The maximum Gasteiger partial charge on any atom is 0.240 e. The van der Waals surface area contributed by atoms with E-state index in [0.29, 0.717) is 17.4 Å². The molecule has 1 aliphatic carbocycles. The van der Waals surface area contributed by atoms with Crippen LogP contribution in [0.1, 0.15) is 24.5 Å². The molecule has 5 heteroatoms. The molecule has 4 nitrogen and oxygen atoms in total. The highest BCUT2D eigenvalue weighted by Gasteiger charge is 2.36. The smallest absolute Gasteiger partial charge is 0.240 e. The number of rotatable bonds is 3. The first-order valence-electron chi connectivity index (χ1n) is 6.26. The molecule has 2 rings (SSSR count). The van der Waals surface area contributed by atoms with E-state index in [9.17, 15) is 8.42 Å². The van der Waals surface area contributed by atoms with Crippen molar-refractivity contribution in [2.45, 2.75) is 31.2 Å². The average Bonchev–Trinajstić information content (AvgIpc) is 3.02. The Bertz CT molecular complexity index is 641. The van der Waals surface area contributed by atoms with Gasteiger partial charge in [0.15, 0.2) is 0 Å². The van der Waals surface area contributed by atoms with Crippen molar-refractivity contribution < 1.29 is 8.42 Å². The van der Waals surface area contributed by atoms with E-state index in [-0.39, 0.29) is 6.04 Å². The molecular formula is C14H18N2O2S. The van der Waals surface area contributed by atoms with Crippen LogP contribution in [0.5, 0.6) is 0 Å². The minimum Gasteiger partial charge on any atom is -0.320 e. The van der Waals surface area contributed by atoms with Crippen LogP contribution in [-0.4, -0.2) is 21.0 Å². The Hall–Kier alpha value is -1.35. The quantitative estimate of drug-likeness (QED) is 0.810. The standard InChI is InChI=1S/C14H18N2O2S/c1-10-8-13(6-5-12(10)4-3-7-15)19(17,18)16-14-9-11(14)2/h5-6,8,11,14,16H,7,9,15H2,1-2H3. The Balaban J connectivity index is 2.23. The summed E-state index contributed by atoms with van der Waals surface area (Å²) < 4.78 is 27.0. The molecule has 0 aromatic heterocycles. The first-order chi connectivity index (χ1) is 8.94. The molecule has 0 heterocycles. The van der Waals surface area contributed by atoms with E-state index in [2.05, 4.69) is 16.6 Å². The summed E-state index contributed by atoms with van der Waals surface area (Å²) in [6.07, 6.45) is 0.915. The number of nitrogens with one attached hydrogen (secondary N) is 1. The molecule has 2 unspecified atom stereocenters. The predicted octanol–water partition coefficient (Wildman–Crippen LogP) is 0.992.